The third-order valence-corrected chi connectivity index (χ3v) is 7.93. The van der Waals surface area contributed by atoms with Crippen LogP contribution in [-0.4, -0.2) is 55.8 Å². The van der Waals surface area contributed by atoms with Crippen LogP contribution in [0.1, 0.15) is 58.9 Å². The Kier molecular flexibility index (Phi) is 9.69. The Bertz CT molecular complexity index is 1030. The van der Waals surface area contributed by atoms with Crippen LogP contribution in [0.25, 0.3) is 5.70 Å². The Labute approximate surface area is 214 Å². The van der Waals surface area contributed by atoms with Crippen molar-refractivity contribution in [2.24, 2.45) is 27.0 Å². The first-order valence-electron chi connectivity index (χ1n) is 12.4. The van der Waals surface area contributed by atoms with E-state index in [4.69, 9.17) is 0 Å². The summed E-state index contributed by atoms with van der Waals surface area (Å²) in [6, 6.07) is 3.70. The summed E-state index contributed by atoms with van der Waals surface area (Å²) in [6.45, 7) is 13.8. The summed E-state index contributed by atoms with van der Waals surface area (Å²) >= 11 is 0. The third kappa shape index (κ3) is 6.26. The molecule has 0 N–H and O–H groups in total. The number of amides is 2. The highest BCUT2D eigenvalue weighted by Gasteiger charge is 2.52. The molecule has 2 amide bonds. The van der Waals surface area contributed by atoms with Crippen molar-refractivity contribution in [3.8, 4) is 0 Å². The Hall–Kier alpha value is -2.90. The maximum absolute atomic E-state index is 14.5. The topological polar surface area (TPSA) is 65.3 Å². The summed E-state index contributed by atoms with van der Waals surface area (Å²) in [5.74, 6) is -1.50. The van der Waals surface area contributed by atoms with Gasteiger partial charge in [0.15, 0.2) is 0 Å². The van der Waals surface area contributed by atoms with Crippen molar-refractivity contribution in [1.82, 2.24) is 9.80 Å². The van der Waals surface area contributed by atoms with Crippen molar-refractivity contribution in [3.63, 3.8) is 0 Å². The monoisotopic (exact) mass is 502 g/mol. The van der Waals surface area contributed by atoms with Gasteiger partial charge in [-0.05, 0) is 60.3 Å². The van der Waals surface area contributed by atoms with Gasteiger partial charge in [0, 0.05) is 47.1 Å². The molecular formula is C28H40F2N4O2. The summed E-state index contributed by atoms with van der Waals surface area (Å²) in [5.41, 5.74) is 0.105. The zero-order chi connectivity index (χ0) is 27.3. The molecule has 198 valence electrons. The van der Waals surface area contributed by atoms with Crippen LogP contribution >= 0.6 is 0 Å². The van der Waals surface area contributed by atoms with Gasteiger partial charge in [0.2, 0.25) is 11.8 Å². The quantitative estimate of drug-likeness (QED) is 0.286. The Morgan fingerprint density at radius 2 is 1.72 bits per heavy atom. The second kappa shape index (κ2) is 11.9. The molecule has 1 aromatic rings. The van der Waals surface area contributed by atoms with Crippen LogP contribution < -0.4 is 0 Å². The van der Waals surface area contributed by atoms with E-state index in [2.05, 4.69) is 37.6 Å². The van der Waals surface area contributed by atoms with Crippen LogP contribution in [0, 0.1) is 28.4 Å². The summed E-state index contributed by atoms with van der Waals surface area (Å²) in [6.07, 6.45) is 3.67. The summed E-state index contributed by atoms with van der Waals surface area (Å²) in [5, 5.41) is 7.77. The molecule has 0 spiro atoms. The lowest BCUT2D eigenvalue weighted by Gasteiger charge is -2.45. The van der Waals surface area contributed by atoms with Gasteiger partial charge >= 0.3 is 0 Å². The normalized spacial score (nSPS) is 21.6. The fourth-order valence-corrected chi connectivity index (χ4v) is 5.17. The first-order chi connectivity index (χ1) is 16.8. The summed E-state index contributed by atoms with van der Waals surface area (Å²) < 4.78 is 28.9. The third-order valence-electron chi connectivity index (χ3n) is 7.93. The van der Waals surface area contributed by atoms with Gasteiger partial charge in [-0.1, -0.05) is 33.4 Å². The minimum absolute atomic E-state index is 0.0171. The lowest BCUT2D eigenvalue weighted by atomic mass is 9.64. The van der Waals surface area contributed by atoms with E-state index in [1.54, 1.807) is 20.2 Å². The van der Waals surface area contributed by atoms with E-state index in [1.165, 1.54) is 30.1 Å². The highest BCUT2D eigenvalue weighted by atomic mass is 19.1. The Morgan fingerprint density at radius 3 is 2.25 bits per heavy atom. The Morgan fingerprint density at radius 1 is 1.14 bits per heavy atom. The van der Waals surface area contributed by atoms with Crippen molar-refractivity contribution in [3.05, 3.63) is 53.6 Å². The summed E-state index contributed by atoms with van der Waals surface area (Å²) in [4.78, 5) is 28.2. The highest BCUT2D eigenvalue weighted by Crippen LogP contribution is 2.58. The number of hydrogen-bond acceptors (Lipinski definition) is 4. The number of rotatable bonds is 10. The second-order valence-corrected chi connectivity index (χ2v) is 10.6. The molecule has 1 aromatic carbocycles. The van der Waals surface area contributed by atoms with Crippen LogP contribution in [-0.2, 0) is 9.59 Å². The van der Waals surface area contributed by atoms with Gasteiger partial charge in [-0.2, -0.15) is 10.2 Å². The number of azo groups is 1. The number of carbonyl (C=O) groups excluding carboxylic acids is 2. The van der Waals surface area contributed by atoms with Crippen molar-refractivity contribution in [2.75, 3.05) is 34.2 Å². The number of carbonyl (C=O) groups is 2. The van der Waals surface area contributed by atoms with Gasteiger partial charge in [-0.15, -0.1) is 0 Å². The zero-order valence-electron chi connectivity index (χ0n) is 22.7. The van der Waals surface area contributed by atoms with Crippen LogP contribution in [0.3, 0.4) is 0 Å². The van der Waals surface area contributed by atoms with Crippen LogP contribution in [0.2, 0.25) is 0 Å². The van der Waals surface area contributed by atoms with Gasteiger partial charge < -0.3 is 9.80 Å². The molecule has 0 aliphatic heterocycles. The molecule has 0 heterocycles. The van der Waals surface area contributed by atoms with Crippen LogP contribution in [0.4, 0.5) is 8.78 Å². The first-order valence-corrected chi connectivity index (χ1v) is 12.4. The molecule has 1 saturated carbocycles. The number of halogens is 2. The molecule has 1 fully saturated rings. The van der Waals surface area contributed by atoms with Crippen molar-refractivity contribution < 1.29 is 18.4 Å². The molecule has 1 unspecified atom stereocenters. The second-order valence-electron chi connectivity index (χ2n) is 10.6. The van der Waals surface area contributed by atoms with Crippen molar-refractivity contribution >= 4 is 17.5 Å². The fourth-order valence-electron chi connectivity index (χ4n) is 5.17. The molecule has 1 aliphatic rings. The predicted molar refractivity (Wildman–Crippen MR) is 139 cm³/mol. The van der Waals surface area contributed by atoms with E-state index in [9.17, 15) is 18.4 Å². The maximum atomic E-state index is 14.5. The number of benzene rings is 1. The largest absolute Gasteiger partial charge is 0.349 e. The van der Waals surface area contributed by atoms with E-state index in [0.717, 1.165) is 18.4 Å². The van der Waals surface area contributed by atoms with Crippen LogP contribution in [0.5, 0.6) is 0 Å². The molecule has 0 aromatic heterocycles. The molecule has 8 heteroatoms. The number of hydrogen-bond donors (Lipinski definition) is 0. The lowest BCUT2D eigenvalue weighted by molar-refractivity contribution is -0.137. The van der Waals surface area contributed by atoms with Gasteiger partial charge in [0.25, 0.3) is 0 Å². The number of nitrogens with zero attached hydrogens (tertiary/aromatic N) is 4. The molecule has 0 radical (unpaired) electrons. The molecule has 36 heavy (non-hydrogen) atoms. The molecule has 2 rings (SSSR count). The van der Waals surface area contributed by atoms with Crippen LogP contribution in [0.15, 0.2) is 46.7 Å². The molecular weight excluding hydrogens is 462 g/mol. The van der Waals surface area contributed by atoms with E-state index < -0.39 is 11.6 Å². The van der Waals surface area contributed by atoms with Gasteiger partial charge in [0.1, 0.15) is 11.6 Å². The number of allylic oxidation sites excluding steroid dienone is 2. The van der Waals surface area contributed by atoms with Gasteiger partial charge in [-0.25, -0.2) is 8.78 Å². The van der Waals surface area contributed by atoms with E-state index >= 15 is 0 Å². The standard InChI is InChI=1S/C28H40F2N4O2/c1-9-34(25(36)14-13-24(35)33(7)8)18-28(5)16-15-20(27(28,3)4)19(2)17-23(32-31-6)26-21(29)11-10-12-22(26)30/h10-12,17,20H,2,9,13-16,18H2,1,3-8H3/b23-17-,32-31?/t20-,28?/m1/s1. The predicted octanol–water partition coefficient (Wildman–Crippen LogP) is 6.10. The van der Waals surface area contributed by atoms with E-state index in [1.807, 2.05) is 11.8 Å². The highest BCUT2D eigenvalue weighted by molar-refractivity contribution is 5.83. The van der Waals surface area contributed by atoms with Crippen molar-refractivity contribution in [1.29, 1.82) is 0 Å². The average molecular weight is 503 g/mol. The molecule has 6 nitrogen and oxygen atoms in total. The Balaban J connectivity index is 2.27. The summed E-state index contributed by atoms with van der Waals surface area (Å²) in [7, 11) is 4.82. The first kappa shape index (κ1) is 29.3. The van der Waals surface area contributed by atoms with Gasteiger partial charge in [0.05, 0.1) is 11.3 Å². The molecule has 1 aliphatic carbocycles. The van der Waals surface area contributed by atoms with E-state index in [-0.39, 0.29) is 52.7 Å². The lowest BCUT2D eigenvalue weighted by Crippen LogP contribution is -2.46. The van der Waals surface area contributed by atoms with E-state index in [0.29, 0.717) is 13.1 Å². The molecule has 0 bridgehead atoms. The minimum Gasteiger partial charge on any atom is -0.349 e. The zero-order valence-corrected chi connectivity index (χ0v) is 22.7. The van der Waals surface area contributed by atoms with Crippen molar-refractivity contribution in [2.45, 2.75) is 53.4 Å². The maximum Gasteiger partial charge on any atom is 0.223 e. The van der Waals surface area contributed by atoms with Gasteiger partial charge in [-0.3, -0.25) is 9.59 Å². The smallest absolute Gasteiger partial charge is 0.223 e. The minimum atomic E-state index is -0.707. The average Bonchev–Trinajstić information content (AvgIpc) is 3.03. The fraction of sp³-hybridized carbons (Fsp3) is 0.571. The molecule has 2 atom stereocenters. The molecule has 0 saturated heterocycles. The SMILES string of the molecule is C=C(/C=C(\N=NC)c1c(F)cccc1F)[C@H]1CCC(C)(CN(CC)C(=O)CCC(=O)N(C)C)C1(C)C.